The number of benzene rings is 9. The van der Waals surface area contributed by atoms with Gasteiger partial charge in [-0.1, -0.05) is 308 Å². The van der Waals surface area contributed by atoms with E-state index >= 15 is 0 Å². The number of fused-ring (bicyclic) bond motifs is 6. The van der Waals surface area contributed by atoms with Crippen molar-refractivity contribution in [1.29, 1.82) is 0 Å². The lowest BCUT2D eigenvalue weighted by molar-refractivity contribution is 0.00578. The van der Waals surface area contributed by atoms with Crippen molar-refractivity contribution in [1.82, 2.24) is 0 Å². The molecule has 2 fully saturated rings. The molecule has 0 aromatic heterocycles. The Bertz CT molecular complexity index is 4340. The third-order valence-electron chi connectivity index (χ3n) is 26.7. The first-order valence-corrected chi connectivity index (χ1v) is 48.4. The van der Waals surface area contributed by atoms with Crippen molar-refractivity contribution in [2.45, 2.75) is 322 Å². The van der Waals surface area contributed by atoms with Crippen LogP contribution in [0.15, 0.2) is 212 Å². The highest BCUT2D eigenvalue weighted by molar-refractivity contribution is 9.11. The molecule has 0 radical (unpaired) electrons. The molecule has 13 heteroatoms. The van der Waals surface area contributed by atoms with E-state index in [1.54, 1.807) is 11.1 Å². The Kier molecular flexibility index (Phi) is 33.8. The van der Waals surface area contributed by atoms with Crippen LogP contribution in [0.5, 0.6) is 0 Å². The van der Waals surface area contributed by atoms with E-state index in [0.29, 0.717) is 11.5 Å². The first-order valence-electron chi connectivity index (χ1n) is 45.2. The van der Waals surface area contributed by atoms with Gasteiger partial charge in [-0.05, 0) is 300 Å². The number of hydrogen-bond acceptors (Lipinski definition) is 7. The largest absolute Gasteiger partial charge is 0.494 e. The van der Waals surface area contributed by atoms with Gasteiger partial charge >= 0.3 is 14.2 Å². The number of hydrogen-bond donors (Lipinski definition) is 0. The molecule has 628 valence electrons. The summed E-state index contributed by atoms with van der Waals surface area (Å²) in [6.45, 7) is 31.4. The second-order valence-electron chi connectivity index (χ2n) is 36.2. The van der Waals surface area contributed by atoms with Crippen LogP contribution in [-0.4, -0.2) is 42.9 Å². The second kappa shape index (κ2) is 43.0. The Balaban J connectivity index is 0.000000228. The van der Waals surface area contributed by atoms with Gasteiger partial charge in [0.2, 0.25) is 0 Å². The number of anilines is 6. The molecule has 7 nitrogen and oxygen atoms in total. The number of aldehydes is 1. The van der Waals surface area contributed by atoms with Gasteiger partial charge in [-0.25, -0.2) is 0 Å². The average Bonchev–Trinajstić information content (AvgIpc) is 1.53. The van der Waals surface area contributed by atoms with E-state index in [2.05, 4.69) is 316 Å². The predicted octanol–water partition coefficient (Wildman–Crippen LogP) is 32.5. The van der Waals surface area contributed by atoms with Crippen molar-refractivity contribution in [2.75, 3.05) is 9.80 Å². The molecule has 1 atom stereocenters. The van der Waals surface area contributed by atoms with Gasteiger partial charge in [-0.15, -0.1) is 0 Å². The van der Waals surface area contributed by atoms with Crippen molar-refractivity contribution < 1.29 is 23.4 Å². The number of halogens is 4. The van der Waals surface area contributed by atoms with E-state index in [-0.39, 0.29) is 47.5 Å². The van der Waals surface area contributed by atoms with Gasteiger partial charge in [-0.2, -0.15) is 0 Å². The van der Waals surface area contributed by atoms with E-state index in [4.69, 9.17) is 18.6 Å². The minimum Gasteiger partial charge on any atom is -0.399 e. The number of unbranched alkanes of at least 4 members (excludes halogenated alkanes) is 20. The number of rotatable bonds is 39. The molecule has 9 aromatic carbocycles. The van der Waals surface area contributed by atoms with Crippen LogP contribution in [0.3, 0.4) is 0 Å². The summed E-state index contributed by atoms with van der Waals surface area (Å²) in [5.41, 5.74) is 21.4. The normalized spacial score (nSPS) is 16.1. The first-order chi connectivity index (χ1) is 56.8. The van der Waals surface area contributed by atoms with Gasteiger partial charge in [0.1, 0.15) is 6.29 Å². The average molecular weight is 1850 g/mol. The maximum absolute atomic E-state index is 10.9. The van der Waals surface area contributed by atoms with Crippen LogP contribution >= 0.6 is 63.7 Å². The van der Waals surface area contributed by atoms with Crippen molar-refractivity contribution in [3.05, 3.63) is 245 Å². The number of carbonyl (C=O) groups is 1. The van der Waals surface area contributed by atoms with Gasteiger partial charge < -0.3 is 28.4 Å². The standard InChI is InChI=1S/C64H100B2O4.C22H21Br2N.C19H13Br2NO/c1-13-17-21-25-29-33-41-63(42-34-30-26-22-18-14-2)55-45-49(65-67-59(5,6)60(7,8)68-65)37-39-51(55)53-48-58-54(47-57(53)63)52-40-38-50(66-69-61(9,10)62(11,12)70-66)46-56(52)64(58,43-35-31-27-23-19-15-3)44-36-32-28-24-20-16-4;1-3-16(2)17-4-10-20(11-5-17)25(21-12-6-18(23)7-13-21)22-14-8-19(24)9-15-22;20-15-3-9-18(10-4-15)22(19-11-5-16(21)6-12-19)17-7-1-14(13-23)2-8-17/h37-40,45-48H,13-36,41-44H2,1-12H3;4-16H,3H2,1-2H3;1-13H. The SMILES string of the molecule is CCC(C)c1ccc(N(c2ccc(Br)cc2)c2ccc(Br)cc2)cc1.CCCCCCCCC1(CCCCCCCC)c2cc(B3OC(C)(C)C(C)(C)O3)ccc2-c2cc3c(cc21)-c1ccc(B2OC(C)(C)C(C)(C)O2)cc1C3(CCCCCCCC)CCCCCCCC.O=Cc1ccc(N(c2ccc(Br)cc2)c2ccc(Br)cc2)cc1. The fourth-order valence-electron chi connectivity index (χ4n) is 18.1. The first kappa shape index (κ1) is 92.9. The summed E-state index contributed by atoms with van der Waals surface area (Å²) in [6, 6.07) is 70.0. The van der Waals surface area contributed by atoms with E-state index in [0.717, 1.165) is 64.7 Å². The molecule has 0 saturated carbocycles. The molecule has 4 aliphatic rings. The summed E-state index contributed by atoms with van der Waals surface area (Å²) in [7, 11) is -0.755. The highest BCUT2D eigenvalue weighted by atomic mass is 79.9. The van der Waals surface area contributed by atoms with Crippen LogP contribution in [0, 0.1) is 0 Å². The highest BCUT2D eigenvalue weighted by Gasteiger charge is 2.55. The molecular weight excluding hydrogens is 1710 g/mol. The van der Waals surface area contributed by atoms with Crippen molar-refractivity contribution in [3.8, 4) is 22.3 Å². The molecule has 1 unspecified atom stereocenters. The van der Waals surface area contributed by atoms with Crippen LogP contribution < -0.4 is 20.7 Å². The fourth-order valence-corrected chi connectivity index (χ4v) is 19.1. The molecule has 2 saturated heterocycles. The molecule has 2 aliphatic carbocycles. The van der Waals surface area contributed by atoms with Gasteiger partial charge in [0.05, 0.1) is 22.4 Å². The van der Waals surface area contributed by atoms with Crippen molar-refractivity contribution in [3.63, 3.8) is 0 Å². The molecule has 0 bridgehead atoms. The van der Waals surface area contributed by atoms with E-state index < -0.39 is 0 Å². The second-order valence-corrected chi connectivity index (χ2v) is 39.8. The molecule has 0 N–H and O–H groups in total. The third-order valence-corrected chi connectivity index (χ3v) is 28.8. The smallest absolute Gasteiger partial charge is 0.399 e. The summed E-state index contributed by atoms with van der Waals surface area (Å²) in [5, 5.41) is 0. The molecule has 0 spiro atoms. The summed E-state index contributed by atoms with van der Waals surface area (Å²) in [4.78, 5) is 15.3. The lowest BCUT2D eigenvalue weighted by Crippen LogP contribution is -2.41. The maximum atomic E-state index is 10.9. The lowest BCUT2D eigenvalue weighted by atomic mass is 9.67. The molecular formula is C105H134B2Br4N2O5. The minimum absolute atomic E-state index is 0.0680. The highest BCUT2D eigenvalue weighted by Crippen LogP contribution is 2.61. The van der Waals surface area contributed by atoms with E-state index in [1.165, 1.54) is 230 Å². The maximum Gasteiger partial charge on any atom is 0.494 e. The Hall–Kier alpha value is -5.86. The monoisotopic (exact) mass is 1840 g/mol. The molecule has 13 rings (SSSR count). The Morgan fingerprint density at radius 1 is 0.314 bits per heavy atom. The zero-order valence-corrected chi connectivity index (χ0v) is 80.1. The number of nitrogens with zero attached hydrogens (tertiary/aromatic N) is 2. The summed E-state index contributed by atoms with van der Waals surface area (Å²) < 4.78 is 31.5. The van der Waals surface area contributed by atoms with E-state index in [9.17, 15) is 4.79 Å². The Labute approximate surface area is 746 Å². The van der Waals surface area contributed by atoms with Gasteiger partial charge in [0.15, 0.2) is 0 Å². The molecule has 118 heavy (non-hydrogen) atoms. The van der Waals surface area contributed by atoms with Gasteiger partial charge in [0, 0.05) is 68.4 Å². The minimum atomic E-state index is -0.389. The van der Waals surface area contributed by atoms with Gasteiger partial charge in [-0.3, -0.25) is 4.79 Å². The summed E-state index contributed by atoms with van der Waals surface area (Å²) >= 11 is 14.0. The van der Waals surface area contributed by atoms with Crippen LogP contribution in [0.4, 0.5) is 34.1 Å². The van der Waals surface area contributed by atoms with Crippen LogP contribution in [0.25, 0.3) is 22.3 Å². The van der Waals surface area contributed by atoms with Crippen LogP contribution in [-0.2, 0) is 29.4 Å². The summed E-state index contributed by atoms with van der Waals surface area (Å²) in [6.07, 6.45) is 38.2. The zero-order chi connectivity index (χ0) is 84.3. The van der Waals surface area contributed by atoms with Crippen LogP contribution in [0.2, 0.25) is 0 Å². The molecule has 9 aromatic rings. The third kappa shape index (κ3) is 22.4. The van der Waals surface area contributed by atoms with Crippen LogP contribution in [0.1, 0.15) is 327 Å². The Morgan fingerprint density at radius 2 is 0.559 bits per heavy atom. The zero-order valence-electron chi connectivity index (χ0n) is 73.7. The predicted molar refractivity (Wildman–Crippen MR) is 519 cm³/mol. The Morgan fingerprint density at radius 3 is 0.822 bits per heavy atom. The molecule has 2 heterocycles. The van der Waals surface area contributed by atoms with Crippen molar-refractivity contribution >= 4 is 129 Å². The molecule has 2 aliphatic heterocycles. The quantitative estimate of drug-likeness (QED) is 0.0216. The summed E-state index contributed by atoms with van der Waals surface area (Å²) in [5.74, 6) is 0.586. The van der Waals surface area contributed by atoms with Crippen molar-refractivity contribution in [2.24, 2.45) is 0 Å². The number of carbonyl (C=O) groups excluding carboxylic acids is 1. The van der Waals surface area contributed by atoms with E-state index in [1.807, 2.05) is 48.5 Å². The lowest BCUT2D eigenvalue weighted by Gasteiger charge is -2.35. The topological polar surface area (TPSA) is 60.5 Å². The van der Waals surface area contributed by atoms with Gasteiger partial charge in [0.25, 0.3) is 0 Å². The fraction of sp³-hybridized carbons (Fsp3) is 0.476. The molecule has 0 amide bonds.